The summed E-state index contributed by atoms with van der Waals surface area (Å²) >= 11 is 13.1. The second kappa shape index (κ2) is 10.9. The number of nitrogens with one attached hydrogen (secondary N) is 3. The van der Waals surface area contributed by atoms with Crippen LogP contribution in [0.2, 0.25) is 10.0 Å². The second-order valence-electron chi connectivity index (χ2n) is 11.4. The smallest absolute Gasteiger partial charge is 0.407 e. The van der Waals surface area contributed by atoms with Gasteiger partial charge in [-0.3, -0.25) is 9.59 Å². The van der Waals surface area contributed by atoms with E-state index in [2.05, 4.69) is 15.6 Å². The van der Waals surface area contributed by atoms with Crippen LogP contribution in [0.25, 0.3) is 0 Å². The molecule has 0 bridgehead atoms. The first-order valence-electron chi connectivity index (χ1n) is 13.0. The number of H-pyrrole nitrogens is 1. The highest BCUT2D eigenvalue weighted by Gasteiger charge is 2.48. The van der Waals surface area contributed by atoms with Gasteiger partial charge in [-0.2, -0.15) is 0 Å². The average Bonchev–Trinajstić information content (AvgIpc) is 3.19. The Balaban J connectivity index is 1.42. The number of carbonyl (C=O) groups excluding carboxylic acids is 2. The molecule has 0 saturated heterocycles. The highest BCUT2D eigenvalue weighted by molar-refractivity contribution is 6.38. The van der Waals surface area contributed by atoms with E-state index < -0.39 is 23.4 Å². The van der Waals surface area contributed by atoms with Crippen molar-refractivity contribution in [1.82, 2.24) is 15.6 Å². The van der Waals surface area contributed by atoms with Gasteiger partial charge in [-0.05, 0) is 78.0 Å². The van der Waals surface area contributed by atoms with Gasteiger partial charge in [0.05, 0.1) is 15.6 Å². The van der Waals surface area contributed by atoms with E-state index in [0.29, 0.717) is 11.3 Å². The maximum absolute atomic E-state index is 13.0. The summed E-state index contributed by atoms with van der Waals surface area (Å²) in [4.78, 5) is 40.3. The third kappa shape index (κ3) is 6.47. The average molecular weight is 581 g/mol. The number of halogens is 2. The van der Waals surface area contributed by atoms with Crippen LogP contribution in [0.3, 0.4) is 0 Å². The molecule has 11 heteroatoms. The van der Waals surface area contributed by atoms with Gasteiger partial charge in [0.25, 0.3) is 17.3 Å². The van der Waals surface area contributed by atoms with Crippen LogP contribution in [0.1, 0.15) is 80.6 Å². The van der Waals surface area contributed by atoms with Gasteiger partial charge in [0.2, 0.25) is 0 Å². The molecule has 2 aliphatic rings. The fraction of sp³-hybridized carbons (Fsp3) is 0.536. The number of alkyl carbamates (subject to hydrolysis) is 1. The summed E-state index contributed by atoms with van der Waals surface area (Å²) in [6.45, 7) is 11.0. The van der Waals surface area contributed by atoms with Gasteiger partial charge in [-0.25, -0.2) is 4.79 Å². The number of benzene rings is 1. The van der Waals surface area contributed by atoms with Crippen molar-refractivity contribution in [3.05, 3.63) is 54.9 Å². The van der Waals surface area contributed by atoms with Crippen molar-refractivity contribution in [3.63, 3.8) is 0 Å². The number of aromatic nitrogens is 1. The molecule has 1 aromatic heterocycles. The number of ether oxygens (including phenoxy) is 3. The zero-order valence-electron chi connectivity index (χ0n) is 23.1. The van der Waals surface area contributed by atoms with Gasteiger partial charge in [-0.15, -0.1) is 0 Å². The Labute approximate surface area is 237 Å². The largest absolute Gasteiger partial charge is 0.447 e. The predicted molar refractivity (Wildman–Crippen MR) is 149 cm³/mol. The summed E-state index contributed by atoms with van der Waals surface area (Å²) in [6, 6.07) is 3.28. The number of hydrogen-bond acceptors (Lipinski definition) is 6. The molecule has 2 amide bonds. The molecule has 1 fully saturated rings. The topological polar surface area (TPSA) is 119 Å². The lowest BCUT2D eigenvalue weighted by molar-refractivity contribution is -0.121. The van der Waals surface area contributed by atoms with Crippen LogP contribution in [0, 0.1) is 19.8 Å². The van der Waals surface area contributed by atoms with E-state index in [1.165, 1.54) is 6.07 Å². The van der Waals surface area contributed by atoms with Crippen molar-refractivity contribution in [2.24, 2.45) is 5.92 Å². The summed E-state index contributed by atoms with van der Waals surface area (Å²) in [6.07, 6.45) is 2.50. The molecule has 212 valence electrons. The fourth-order valence-corrected chi connectivity index (χ4v) is 5.63. The number of fused-ring (bicyclic) bond motifs is 1. The molecule has 1 unspecified atom stereocenters. The molecule has 0 radical (unpaired) electrons. The quantitative estimate of drug-likeness (QED) is 0.412. The summed E-state index contributed by atoms with van der Waals surface area (Å²) < 4.78 is 17.8. The Kier molecular flexibility index (Phi) is 8.15. The Bertz CT molecular complexity index is 1340. The maximum atomic E-state index is 13.0. The zero-order chi connectivity index (χ0) is 28.7. The van der Waals surface area contributed by atoms with Crippen LogP contribution in [0.4, 0.5) is 4.79 Å². The van der Waals surface area contributed by atoms with E-state index in [9.17, 15) is 14.4 Å². The third-order valence-electron chi connectivity index (χ3n) is 7.09. The molecule has 1 atom stereocenters. The SMILES string of the molecule is Cc1cc(C)c(CNC(=O)c2cc(Cl)c3c(c2Cl)OC(C)(C2CCC(NC(=O)OC(C)(C)C)CC2)O3)c(=O)[nH]1. The van der Waals surface area contributed by atoms with E-state index in [1.807, 2.05) is 40.7 Å². The molecule has 1 aliphatic carbocycles. The minimum Gasteiger partial charge on any atom is -0.447 e. The minimum absolute atomic E-state index is 0.00207. The van der Waals surface area contributed by atoms with E-state index in [4.69, 9.17) is 37.4 Å². The third-order valence-corrected chi connectivity index (χ3v) is 7.75. The van der Waals surface area contributed by atoms with Crippen LogP contribution in [0.5, 0.6) is 11.5 Å². The van der Waals surface area contributed by atoms with Crippen LogP contribution in [-0.2, 0) is 11.3 Å². The molecule has 2 aromatic rings. The monoisotopic (exact) mass is 579 g/mol. The molecule has 1 aromatic carbocycles. The van der Waals surface area contributed by atoms with Gasteiger partial charge >= 0.3 is 6.09 Å². The number of hydrogen-bond donors (Lipinski definition) is 3. The molecule has 0 spiro atoms. The van der Waals surface area contributed by atoms with Crippen molar-refractivity contribution in [1.29, 1.82) is 0 Å². The number of pyridine rings is 1. The lowest BCUT2D eigenvalue weighted by Gasteiger charge is -2.37. The molecule has 4 rings (SSSR count). The minimum atomic E-state index is -1.03. The van der Waals surface area contributed by atoms with Crippen molar-refractivity contribution in [2.45, 2.75) is 91.2 Å². The van der Waals surface area contributed by atoms with E-state index in [0.717, 1.165) is 36.9 Å². The summed E-state index contributed by atoms with van der Waals surface area (Å²) in [5.41, 5.74) is 1.29. The molecule has 1 aliphatic heterocycles. The Morgan fingerprint density at radius 2 is 1.74 bits per heavy atom. The van der Waals surface area contributed by atoms with Gasteiger partial charge in [0.1, 0.15) is 5.60 Å². The van der Waals surface area contributed by atoms with E-state index in [1.54, 1.807) is 6.92 Å². The number of rotatable bonds is 5. The fourth-order valence-electron chi connectivity index (χ4n) is 5.13. The second-order valence-corrected chi connectivity index (χ2v) is 12.2. The molecule has 1 saturated carbocycles. The van der Waals surface area contributed by atoms with Crippen molar-refractivity contribution in [3.8, 4) is 11.5 Å². The van der Waals surface area contributed by atoms with Crippen LogP contribution >= 0.6 is 23.2 Å². The molecular weight excluding hydrogens is 545 g/mol. The van der Waals surface area contributed by atoms with Gasteiger partial charge in [0, 0.05) is 36.7 Å². The molecule has 3 N–H and O–H groups in total. The molecule has 9 nitrogen and oxygen atoms in total. The number of aryl methyl sites for hydroxylation is 2. The number of carbonyl (C=O) groups is 2. The van der Waals surface area contributed by atoms with Crippen molar-refractivity contribution >= 4 is 35.2 Å². The van der Waals surface area contributed by atoms with Crippen molar-refractivity contribution in [2.75, 3.05) is 0 Å². The standard InChI is InChI=1S/C28H35Cl2N3O6/c1-14-11-15(2)32-25(35)19(14)13-31-24(34)18-12-20(29)22-23(21(18)30)38-28(6,37-22)16-7-9-17(10-8-16)33-26(36)39-27(3,4)5/h11-12,16-17H,7-10,13H2,1-6H3,(H,31,34)(H,32,35)(H,33,36). The Morgan fingerprint density at radius 3 is 2.36 bits per heavy atom. The normalized spacial score (nSPS) is 22.4. The predicted octanol–water partition coefficient (Wildman–Crippen LogP) is 5.80. The lowest BCUT2D eigenvalue weighted by Crippen LogP contribution is -2.48. The zero-order valence-corrected chi connectivity index (χ0v) is 24.6. The Hall–Kier alpha value is -2.91. The molecule has 2 heterocycles. The Morgan fingerprint density at radius 1 is 1.10 bits per heavy atom. The maximum Gasteiger partial charge on any atom is 0.407 e. The molecular formula is C28H35Cl2N3O6. The summed E-state index contributed by atoms with van der Waals surface area (Å²) in [7, 11) is 0. The van der Waals surface area contributed by atoms with Gasteiger partial charge < -0.3 is 29.8 Å². The first kappa shape index (κ1) is 29.1. The van der Waals surface area contributed by atoms with Gasteiger partial charge in [0.15, 0.2) is 11.5 Å². The highest BCUT2D eigenvalue weighted by atomic mass is 35.5. The number of amides is 2. The molecule has 39 heavy (non-hydrogen) atoms. The highest BCUT2D eigenvalue weighted by Crippen LogP contribution is 2.53. The van der Waals surface area contributed by atoms with Crippen LogP contribution in [-0.4, -0.2) is 34.4 Å². The first-order chi connectivity index (χ1) is 18.2. The summed E-state index contributed by atoms with van der Waals surface area (Å²) in [5, 5.41) is 5.98. The summed E-state index contributed by atoms with van der Waals surface area (Å²) in [5.74, 6) is -1.01. The van der Waals surface area contributed by atoms with Crippen molar-refractivity contribution < 1.29 is 23.8 Å². The van der Waals surface area contributed by atoms with E-state index >= 15 is 0 Å². The lowest BCUT2D eigenvalue weighted by atomic mass is 9.81. The van der Waals surface area contributed by atoms with Crippen LogP contribution < -0.4 is 25.7 Å². The number of aromatic amines is 1. The first-order valence-corrected chi connectivity index (χ1v) is 13.8. The van der Waals surface area contributed by atoms with Gasteiger partial charge in [-0.1, -0.05) is 23.2 Å². The van der Waals surface area contributed by atoms with E-state index in [-0.39, 0.29) is 45.4 Å². The van der Waals surface area contributed by atoms with Crippen LogP contribution in [0.15, 0.2) is 16.9 Å².